The van der Waals surface area contributed by atoms with Gasteiger partial charge in [0.2, 0.25) is 0 Å². The van der Waals surface area contributed by atoms with E-state index in [1.54, 1.807) is 0 Å². The first-order valence-corrected chi connectivity index (χ1v) is 10.1. The summed E-state index contributed by atoms with van der Waals surface area (Å²) in [5.74, 6) is 0.666. The van der Waals surface area contributed by atoms with Crippen molar-refractivity contribution in [3.05, 3.63) is 102 Å². The van der Waals surface area contributed by atoms with Crippen molar-refractivity contribution in [2.75, 3.05) is 0 Å². The van der Waals surface area contributed by atoms with Crippen molar-refractivity contribution in [3.63, 3.8) is 0 Å². The molecular weight excluding hydrogens is 422 g/mol. The van der Waals surface area contributed by atoms with Crippen molar-refractivity contribution in [2.24, 2.45) is 0 Å². The lowest BCUT2D eigenvalue weighted by molar-refractivity contribution is 1.06. The molecule has 0 bridgehead atoms. The molecule has 0 atom stereocenters. The van der Waals surface area contributed by atoms with Crippen LogP contribution in [0.25, 0.3) is 44.4 Å². The van der Waals surface area contributed by atoms with Crippen LogP contribution in [0.4, 0.5) is 0 Å². The molecule has 0 aliphatic heterocycles. The molecule has 0 radical (unpaired) electrons. The molecule has 0 amide bonds. The summed E-state index contributed by atoms with van der Waals surface area (Å²) in [6.45, 7) is 0. The van der Waals surface area contributed by atoms with Gasteiger partial charge in [-0.05, 0) is 57.3 Å². The number of nitrogens with zero attached hydrogens (tertiary/aromatic N) is 3. The minimum atomic E-state index is 0.666. The molecular formula is C25H16BrN3. The highest BCUT2D eigenvalue weighted by Gasteiger charge is 2.13. The van der Waals surface area contributed by atoms with Gasteiger partial charge >= 0.3 is 0 Å². The zero-order valence-corrected chi connectivity index (χ0v) is 17.0. The highest BCUT2D eigenvalue weighted by atomic mass is 79.9. The van der Waals surface area contributed by atoms with Gasteiger partial charge in [0, 0.05) is 10.0 Å². The number of hydrogen-bond donors (Lipinski definition) is 0. The molecule has 4 aromatic carbocycles. The van der Waals surface area contributed by atoms with E-state index in [1.807, 2.05) is 12.1 Å². The van der Waals surface area contributed by atoms with Crippen molar-refractivity contribution in [3.8, 4) is 33.6 Å². The summed E-state index contributed by atoms with van der Waals surface area (Å²) < 4.78 is 1.03. The first kappa shape index (κ1) is 17.7. The van der Waals surface area contributed by atoms with Crippen LogP contribution >= 0.6 is 15.9 Å². The van der Waals surface area contributed by atoms with Crippen LogP contribution in [0.5, 0.6) is 0 Å². The van der Waals surface area contributed by atoms with E-state index in [0.717, 1.165) is 26.7 Å². The fraction of sp³-hybridized carbons (Fsp3) is 0. The van der Waals surface area contributed by atoms with E-state index in [1.165, 1.54) is 29.0 Å². The molecule has 138 valence electrons. The Labute approximate surface area is 177 Å². The molecule has 0 spiro atoms. The average molecular weight is 438 g/mol. The summed E-state index contributed by atoms with van der Waals surface area (Å²) in [5, 5.41) is 2.47. The topological polar surface area (TPSA) is 38.7 Å². The third-order valence-electron chi connectivity index (χ3n) is 4.99. The largest absolute Gasteiger partial charge is 0.225 e. The van der Waals surface area contributed by atoms with Gasteiger partial charge in [-0.3, -0.25) is 0 Å². The number of fused-ring (bicyclic) bond motifs is 1. The number of halogens is 1. The number of hydrogen-bond acceptors (Lipinski definition) is 3. The molecule has 5 aromatic rings. The first-order chi connectivity index (χ1) is 14.3. The third kappa shape index (κ3) is 3.43. The maximum absolute atomic E-state index is 4.38. The standard InChI is InChI=1S/C25H16BrN3/c26-20-8-3-7-18(13-20)24-14-19(11-12-23(24)25-28-15-27-16-29-25)22-10-4-6-17-5-1-2-9-21(17)22/h1-16H. The normalized spacial score (nSPS) is 10.9. The van der Waals surface area contributed by atoms with Crippen LogP contribution in [-0.2, 0) is 0 Å². The minimum Gasteiger partial charge on any atom is -0.225 e. The number of benzene rings is 4. The summed E-state index contributed by atoms with van der Waals surface area (Å²) in [6.07, 6.45) is 3.07. The summed E-state index contributed by atoms with van der Waals surface area (Å²) >= 11 is 3.59. The maximum Gasteiger partial charge on any atom is 0.163 e. The molecule has 0 aliphatic rings. The molecule has 0 saturated carbocycles. The maximum atomic E-state index is 4.38. The van der Waals surface area contributed by atoms with E-state index in [0.29, 0.717) is 5.82 Å². The van der Waals surface area contributed by atoms with Crippen molar-refractivity contribution >= 4 is 26.7 Å². The summed E-state index contributed by atoms with van der Waals surface area (Å²) in [6, 6.07) is 29.7. The second-order valence-corrected chi connectivity index (χ2v) is 7.67. The van der Waals surface area contributed by atoms with E-state index in [4.69, 9.17) is 0 Å². The third-order valence-corrected chi connectivity index (χ3v) is 5.48. The highest BCUT2D eigenvalue weighted by Crippen LogP contribution is 2.37. The Bertz CT molecular complexity index is 1310. The second-order valence-electron chi connectivity index (χ2n) is 6.76. The predicted molar refractivity (Wildman–Crippen MR) is 121 cm³/mol. The van der Waals surface area contributed by atoms with E-state index < -0.39 is 0 Å². The quantitative estimate of drug-likeness (QED) is 0.311. The Balaban J connectivity index is 1.76. The summed E-state index contributed by atoms with van der Waals surface area (Å²) in [7, 11) is 0. The van der Waals surface area contributed by atoms with Crippen molar-refractivity contribution in [2.45, 2.75) is 0 Å². The zero-order chi connectivity index (χ0) is 19.6. The minimum absolute atomic E-state index is 0.666. The monoisotopic (exact) mass is 437 g/mol. The molecule has 0 fully saturated rings. The summed E-state index contributed by atoms with van der Waals surface area (Å²) in [5.41, 5.74) is 5.55. The molecule has 0 aliphatic carbocycles. The predicted octanol–water partition coefficient (Wildman–Crippen LogP) is 6.79. The lowest BCUT2D eigenvalue weighted by atomic mass is 9.92. The van der Waals surface area contributed by atoms with E-state index >= 15 is 0 Å². The van der Waals surface area contributed by atoms with E-state index in [-0.39, 0.29) is 0 Å². The van der Waals surface area contributed by atoms with Crippen LogP contribution in [0.1, 0.15) is 0 Å². The zero-order valence-electron chi connectivity index (χ0n) is 15.5. The van der Waals surface area contributed by atoms with Crippen LogP contribution in [0, 0.1) is 0 Å². The molecule has 3 nitrogen and oxygen atoms in total. The van der Waals surface area contributed by atoms with Gasteiger partial charge in [-0.25, -0.2) is 15.0 Å². The Morgan fingerprint density at radius 1 is 0.586 bits per heavy atom. The molecule has 29 heavy (non-hydrogen) atoms. The lowest BCUT2D eigenvalue weighted by Crippen LogP contribution is -1.93. The van der Waals surface area contributed by atoms with Gasteiger partial charge in [0.25, 0.3) is 0 Å². The molecule has 0 N–H and O–H groups in total. The van der Waals surface area contributed by atoms with Crippen LogP contribution in [0.3, 0.4) is 0 Å². The van der Waals surface area contributed by atoms with Crippen LogP contribution in [0.2, 0.25) is 0 Å². The summed E-state index contributed by atoms with van der Waals surface area (Å²) in [4.78, 5) is 12.7. The Morgan fingerprint density at radius 3 is 2.21 bits per heavy atom. The Kier molecular flexibility index (Phi) is 4.62. The van der Waals surface area contributed by atoms with Crippen LogP contribution in [0.15, 0.2) is 102 Å². The van der Waals surface area contributed by atoms with Gasteiger partial charge in [-0.1, -0.05) is 76.6 Å². The van der Waals surface area contributed by atoms with Gasteiger partial charge < -0.3 is 0 Å². The molecule has 1 aromatic heterocycles. The Morgan fingerprint density at radius 2 is 1.34 bits per heavy atom. The van der Waals surface area contributed by atoms with Gasteiger partial charge in [0.05, 0.1) is 0 Å². The second kappa shape index (κ2) is 7.57. The average Bonchev–Trinajstić information content (AvgIpc) is 2.79. The van der Waals surface area contributed by atoms with Gasteiger partial charge in [0.1, 0.15) is 12.7 Å². The molecule has 4 heteroatoms. The molecule has 0 saturated heterocycles. The smallest absolute Gasteiger partial charge is 0.163 e. The van der Waals surface area contributed by atoms with Gasteiger partial charge in [0.15, 0.2) is 5.82 Å². The van der Waals surface area contributed by atoms with E-state index in [9.17, 15) is 0 Å². The van der Waals surface area contributed by atoms with Crippen molar-refractivity contribution < 1.29 is 0 Å². The van der Waals surface area contributed by atoms with Gasteiger partial charge in [-0.2, -0.15) is 0 Å². The molecule has 0 unspecified atom stereocenters. The SMILES string of the molecule is Brc1cccc(-c2cc(-c3cccc4ccccc34)ccc2-c2ncncn2)c1. The first-order valence-electron chi connectivity index (χ1n) is 9.30. The molecule has 5 rings (SSSR count). The van der Waals surface area contributed by atoms with Crippen LogP contribution in [-0.4, -0.2) is 15.0 Å². The van der Waals surface area contributed by atoms with Gasteiger partial charge in [-0.15, -0.1) is 0 Å². The highest BCUT2D eigenvalue weighted by molar-refractivity contribution is 9.10. The fourth-order valence-electron chi connectivity index (χ4n) is 3.66. The number of aromatic nitrogens is 3. The molecule has 1 heterocycles. The Hall–Kier alpha value is -3.37. The van der Waals surface area contributed by atoms with Crippen molar-refractivity contribution in [1.82, 2.24) is 15.0 Å². The van der Waals surface area contributed by atoms with Crippen LogP contribution < -0.4 is 0 Å². The lowest BCUT2D eigenvalue weighted by Gasteiger charge is -2.13. The number of rotatable bonds is 3. The van der Waals surface area contributed by atoms with E-state index in [2.05, 4.69) is 104 Å². The van der Waals surface area contributed by atoms with Crippen molar-refractivity contribution in [1.29, 1.82) is 0 Å². The fourth-order valence-corrected chi connectivity index (χ4v) is 4.06.